The largest absolute Gasteiger partial charge is 0.536 e. The highest BCUT2D eigenvalue weighted by Gasteiger charge is 2.44. The maximum absolute atomic E-state index is 6.81. The number of para-hydroxylation sites is 4. The van der Waals surface area contributed by atoms with Gasteiger partial charge in [-0.3, -0.25) is 0 Å². The van der Waals surface area contributed by atoms with E-state index in [1.807, 2.05) is 0 Å². The number of fused-ring (bicyclic) bond motifs is 14. The Balaban J connectivity index is 0.957. The Bertz CT molecular complexity index is 3490. The molecule has 274 valence electrons. The lowest BCUT2D eigenvalue weighted by molar-refractivity contribution is 0.603. The monoisotopic (exact) mass is 751 g/mol. The van der Waals surface area contributed by atoms with Crippen LogP contribution in [-0.2, 0) is 0 Å². The minimum absolute atomic E-state index is 0.197. The summed E-state index contributed by atoms with van der Waals surface area (Å²) in [5.41, 5.74) is 17.7. The van der Waals surface area contributed by atoms with Crippen molar-refractivity contribution in [3.8, 4) is 50.5 Å². The van der Waals surface area contributed by atoms with Crippen molar-refractivity contribution < 1.29 is 4.65 Å². The van der Waals surface area contributed by atoms with Crippen molar-refractivity contribution in [1.82, 2.24) is 9.13 Å². The third kappa shape index (κ3) is 4.73. The molecule has 0 bridgehead atoms. The third-order valence-corrected chi connectivity index (χ3v) is 12.5. The van der Waals surface area contributed by atoms with Crippen LogP contribution in [0.25, 0.3) is 88.4 Å². The van der Waals surface area contributed by atoms with Crippen LogP contribution < -0.4 is 14.9 Å². The highest BCUT2D eigenvalue weighted by molar-refractivity contribution is 6.77. The Kier molecular flexibility index (Phi) is 6.78. The smallest absolute Gasteiger partial charge is 0.524 e. The number of hydrogen-bond acceptors (Lipinski definition) is 2. The first kappa shape index (κ1) is 32.3. The summed E-state index contributed by atoms with van der Waals surface area (Å²) in [5, 5.41) is 4.94. The number of anilines is 2. The van der Waals surface area contributed by atoms with E-state index >= 15 is 0 Å². The van der Waals surface area contributed by atoms with Gasteiger partial charge in [0.15, 0.2) is 0 Å². The van der Waals surface area contributed by atoms with E-state index in [0.29, 0.717) is 0 Å². The van der Waals surface area contributed by atoms with Gasteiger partial charge in [-0.25, -0.2) is 0 Å². The number of hydrogen-bond donors (Lipinski definition) is 0. The summed E-state index contributed by atoms with van der Waals surface area (Å²) in [6.45, 7) is 0. The first-order valence-electron chi connectivity index (χ1n) is 20.3. The topological polar surface area (TPSA) is 22.3 Å². The molecule has 5 heteroatoms. The van der Waals surface area contributed by atoms with Crippen molar-refractivity contribution in [2.24, 2.45) is 0 Å². The van der Waals surface area contributed by atoms with Crippen molar-refractivity contribution in [3.05, 3.63) is 206 Å². The van der Waals surface area contributed by atoms with E-state index in [2.05, 4.69) is 220 Å². The van der Waals surface area contributed by atoms with Gasteiger partial charge in [-0.15, -0.1) is 0 Å². The normalized spacial score (nSPS) is 12.8. The molecule has 0 unspecified atom stereocenters. The summed E-state index contributed by atoms with van der Waals surface area (Å²) in [6.07, 6.45) is 0. The van der Waals surface area contributed by atoms with Gasteiger partial charge in [0.05, 0.1) is 27.8 Å². The maximum atomic E-state index is 6.81. The molecule has 0 aliphatic carbocycles. The van der Waals surface area contributed by atoms with Crippen molar-refractivity contribution >= 4 is 67.5 Å². The molecule has 2 aliphatic heterocycles. The summed E-state index contributed by atoms with van der Waals surface area (Å²) in [4.78, 5) is 2.35. The van der Waals surface area contributed by atoms with Crippen LogP contribution >= 0.6 is 0 Å². The van der Waals surface area contributed by atoms with Gasteiger partial charge in [0.2, 0.25) is 0 Å². The maximum Gasteiger partial charge on any atom is 0.524 e. The first-order chi connectivity index (χ1) is 29.3. The van der Waals surface area contributed by atoms with Crippen LogP contribution in [0.3, 0.4) is 0 Å². The molecule has 13 rings (SSSR count). The second kappa shape index (κ2) is 12.4. The first-order valence-corrected chi connectivity index (χ1v) is 20.3. The van der Waals surface area contributed by atoms with Crippen molar-refractivity contribution in [2.75, 3.05) is 4.81 Å². The van der Waals surface area contributed by atoms with Crippen LogP contribution in [0.5, 0.6) is 5.75 Å². The Morgan fingerprint density at radius 2 is 0.898 bits per heavy atom. The van der Waals surface area contributed by atoms with Crippen LogP contribution in [-0.4, -0.2) is 16.2 Å². The zero-order valence-corrected chi connectivity index (χ0v) is 32.0. The van der Waals surface area contributed by atoms with Gasteiger partial charge in [-0.05, 0) is 112 Å². The van der Waals surface area contributed by atoms with Crippen LogP contribution in [0.2, 0.25) is 0 Å². The fourth-order valence-corrected chi connectivity index (χ4v) is 9.86. The minimum Gasteiger partial charge on any atom is -0.536 e. The van der Waals surface area contributed by atoms with E-state index < -0.39 is 0 Å². The van der Waals surface area contributed by atoms with Crippen molar-refractivity contribution in [3.63, 3.8) is 0 Å². The molecule has 9 aromatic carbocycles. The minimum atomic E-state index is -0.197. The molecular weight excluding hydrogens is 717 g/mol. The molecular formula is C54H34BN3O. The fourth-order valence-electron chi connectivity index (χ4n) is 9.86. The second-order valence-electron chi connectivity index (χ2n) is 15.7. The fraction of sp³-hybridized carbons (Fsp3) is 0. The lowest BCUT2D eigenvalue weighted by Gasteiger charge is -2.31. The van der Waals surface area contributed by atoms with Crippen molar-refractivity contribution in [2.45, 2.75) is 0 Å². The molecule has 0 N–H and O–H groups in total. The summed E-state index contributed by atoms with van der Waals surface area (Å²) < 4.78 is 11.6. The summed E-state index contributed by atoms with van der Waals surface area (Å²) in [7, 11) is -0.197. The van der Waals surface area contributed by atoms with Gasteiger partial charge < -0.3 is 18.6 Å². The molecule has 2 aliphatic rings. The highest BCUT2D eigenvalue weighted by Crippen LogP contribution is 2.48. The molecule has 4 nitrogen and oxygen atoms in total. The average Bonchev–Trinajstić information content (AvgIpc) is 3.96. The predicted molar refractivity (Wildman–Crippen MR) is 246 cm³/mol. The van der Waals surface area contributed by atoms with Gasteiger partial charge in [0, 0.05) is 44.2 Å². The van der Waals surface area contributed by atoms with Gasteiger partial charge in [0.25, 0.3) is 0 Å². The number of rotatable bonds is 4. The van der Waals surface area contributed by atoms with Crippen LogP contribution in [0.1, 0.15) is 0 Å². The quantitative estimate of drug-likeness (QED) is 0.167. The molecule has 0 atom stereocenters. The lowest BCUT2D eigenvalue weighted by Crippen LogP contribution is -2.50. The Morgan fingerprint density at radius 3 is 1.66 bits per heavy atom. The van der Waals surface area contributed by atoms with Crippen LogP contribution in [0, 0.1) is 0 Å². The molecule has 0 radical (unpaired) electrons. The van der Waals surface area contributed by atoms with E-state index in [9.17, 15) is 0 Å². The Labute approximate surface area is 341 Å². The summed E-state index contributed by atoms with van der Waals surface area (Å²) in [6, 6.07) is 74.9. The van der Waals surface area contributed by atoms with E-state index in [-0.39, 0.29) is 7.05 Å². The summed E-state index contributed by atoms with van der Waals surface area (Å²) >= 11 is 0. The molecule has 0 amide bonds. The SMILES string of the molecule is c1ccc(-n2c3ccccc3c3cc4c(cc32)c2cc(-c3cccc(-c5ccc6c(c5)OB5c7ccccc7-c7ccccc7N56)c3)ccc2n4-c2ccccc2)cc1. The highest BCUT2D eigenvalue weighted by atomic mass is 16.5. The molecule has 0 fully saturated rings. The molecule has 59 heavy (non-hydrogen) atoms. The number of nitrogens with zero attached hydrogens (tertiary/aromatic N) is 3. The zero-order chi connectivity index (χ0) is 38.6. The average molecular weight is 752 g/mol. The Morgan fingerprint density at radius 1 is 0.339 bits per heavy atom. The van der Waals surface area contributed by atoms with E-state index in [1.54, 1.807) is 0 Å². The van der Waals surface area contributed by atoms with E-state index in [4.69, 9.17) is 4.65 Å². The molecule has 0 saturated heterocycles. The predicted octanol–water partition coefficient (Wildman–Crippen LogP) is 13.1. The molecule has 0 saturated carbocycles. The third-order valence-electron chi connectivity index (χ3n) is 12.5. The summed E-state index contributed by atoms with van der Waals surface area (Å²) in [5.74, 6) is 0.902. The van der Waals surface area contributed by atoms with Gasteiger partial charge >= 0.3 is 7.05 Å². The molecule has 0 spiro atoms. The number of benzene rings is 9. The van der Waals surface area contributed by atoms with E-state index in [0.717, 1.165) is 33.9 Å². The van der Waals surface area contributed by atoms with Gasteiger partial charge in [-0.2, -0.15) is 0 Å². The lowest BCUT2D eigenvalue weighted by atomic mass is 9.65. The van der Waals surface area contributed by atoms with Crippen LogP contribution in [0.4, 0.5) is 11.4 Å². The van der Waals surface area contributed by atoms with Gasteiger partial charge in [0.1, 0.15) is 5.75 Å². The van der Waals surface area contributed by atoms with E-state index in [1.165, 1.54) is 77.0 Å². The molecule has 11 aromatic rings. The van der Waals surface area contributed by atoms with Crippen molar-refractivity contribution in [1.29, 1.82) is 0 Å². The molecule has 4 heterocycles. The Hall–Kier alpha value is -7.76. The zero-order valence-electron chi connectivity index (χ0n) is 32.0. The van der Waals surface area contributed by atoms with Gasteiger partial charge in [-0.1, -0.05) is 127 Å². The number of aromatic nitrogens is 2. The molecule has 2 aromatic heterocycles. The van der Waals surface area contributed by atoms with Crippen LogP contribution in [0.15, 0.2) is 206 Å². The standard InChI is InChI=1S/C54H34BN3O/c1-3-16-39(17-4-1)56-48-24-11-8-22-43(48)45-33-53-46(34-52(45)56)44-31-37(26-28-49(44)57(53)40-18-5-2-6-19-40)35-14-13-15-36(30-35)38-27-29-51-54(32-38)59-55-47-23-10-7-20-41(47)42-21-9-12-25-50(42)58(51)55/h1-34H. The second-order valence-corrected chi connectivity index (χ2v) is 15.7.